The van der Waals surface area contributed by atoms with Crippen LogP contribution >= 0.6 is 0 Å². The summed E-state index contributed by atoms with van der Waals surface area (Å²) in [4.78, 5) is 13.4. The van der Waals surface area contributed by atoms with Crippen LogP contribution in [0.3, 0.4) is 0 Å². The van der Waals surface area contributed by atoms with Gasteiger partial charge in [-0.1, -0.05) is 13.8 Å². The van der Waals surface area contributed by atoms with Crippen molar-refractivity contribution in [2.24, 2.45) is 5.41 Å². The van der Waals surface area contributed by atoms with E-state index in [0.29, 0.717) is 5.82 Å². The molecule has 124 valence electrons. The lowest BCUT2D eigenvalue weighted by molar-refractivity contribution is 0.157. The smallest absolute Gasteiger partial charge is 0.163 e. The topological polar surface area (TPSA) is 59.9 Å². The fraction of sp³-hybridized carbons (Fsp3) is 0.500. The number of methoxy groups -OCH3 is 1. The summed E-state index contributed by atoms with van der Waals surface area (Å²) in [5, 5.41) is 3.49. The number of anilines is 1. The molecule has 0 fully saturated rings. The van der Waals surface area contributed by atoms with Gasteiger partial charge in [-0.3, -0.25) is 4.98 Å². The first-order valence-electron chi connectivity index (χ1n) is 7.91. The Kier molecular flexibility index (Phi) is 5.66. The van der Waals surface area contributed by atoms with Crippen molar-refractivity contribution in [1.29, 1.82) is 0 Å². The number of pyridine rings is 1. The van der Waals surface area contributed by atoms with Gasteiger partial charge in [-0.05, 0) is 37.8 Å². The van der Waals surface area contributed by atoms with Crippen LogP contribution in [-0.4, -0.2) is 35.2 Å². The average molecular weight is 314 g/mol. The summed E-state index contributed by atoms with van der Waals surface area (Å²) in [6.45, 7) is 10.1. The Morgan fingerprint density at radius 1 is 1.22 bits per heavy atom. The quantitative estimate of drug-likeness (QED) is 0.845. The van der Waals surface area contributed by atoms with Gasteiger partial charge in [0.15, 0.2) is 5.82 Å². The molecule has 1 N–H and O–H groups in total. The molecule has 0 radical (unpaired) electrons. The number of aryl methyl sites for hydroxylation is 1. The first-order chi connectivity index (χ1) is 10.9. The van der Waals surface area contributed by atoms with Crippen molar-refractivity contribution in [1.82, 2.24) is 15.0 Å². The normalized spacial score (nSPS) is 11.5. The van der Waals surface area contributed by atoms with Crippen molar-refractivity contribution in [3.63, 3.8) is 0 Å². The molecule has 0 amide bonds. The molecule has 2 rings (SSSR count). The summed E-state index contributed by atoms with van der Waals surface area (Å²) in [5.74, 6) is 1.60. The second-order valence-electron chi connectivity index (χ2n) is 6.61. The average Bonchev–Trinajstić information content (AvgIpc) is 2.55. The lowest BCUT2D eigenvalue weighted by atomic mass is 9.89. The highest BCUT2D eigenvalue weighted by molar-refractivity contribution is 5.58. The lowest BCUT2D eigenvalue weighted by Crippen LogP contribution is -2.25. The van der Waals surface area contributed by atoms with Crippen molar-refractivity contribution in [2.75, 3.05) is 25.6 Å². The molecule has 0 aliphatic rings. The van der Waals surface area contributed by atoms with Crippen molar-refractivity contribution >= 4 is 5.82 Å². The maximum Gasteiger partial charge on any atom is 0.163 e. The molecule has 5 nitrogen and oxygen atoms in total. The summed E-state index contributed by atoms with van der Waals surface area (Å²) >= 11 is 0. The first-order valence-corrected chi connectivity index (χ1v) is 7.91. The van der Waals surface area contributed by atoms with E-state index in [0.717, 1.165) is 42.2 Å². The van der Waals surface area contributed by atoms with Crippen molar-refractivity contribution in [3.8, 4) is 11.4 Å². The van der Waals surface area contributed by atoms with Crippen LogP contribution in [0, 0.1) is 19.3 Å². The van der Waals surface area contributed by atoms with Crippen LogP contribution in [0.15, 0.2) is 24.5 Å². The molecule has 2 aromatic rings. The highest BCUT2D eigenvalue weighted by atomic mass is 16.5. The van der Waals surface area contributed by atoms with E-state index in [1.165, 1.54) is 0 Å². The molecular formula is C18H26N4O. The van der Waals surface area contributed by atoms with Crippen LogP contribution in [0.25, 0.3) is 11.4 Å². The van der Waals surface area contributed by atoms with Gasteiger partial charge in [-0.25, -0.2) is 9.97 Å². The third-order valence-electron chi connectivity index (χ3n) is 4.03. The van der Waals surface area contributed by atoms with E-state index in [4.69, 9.17) is 9.72 Å². The van der Waals surface area contributed by atoms with Crippen LogP contribution in [0.2, 0.25) is 0 Å². The molecule has 0 spiro atoms. The van der Waals surface area contributed by atoms with Crippen LogP contribution in [0.5, 0.6) is 0 Å². The molecule has 0 aliphatic heterocycles. The Balaban J connectivity index is 2.20. The Labute approximate surface area is 138 Å². The summed E-state index contributed by atoms with van der Waals surface area (Å²) < 4.78 is 5.19. The van der Waals surface area contributed by atoms with E-state index in [2.05, 4.69) is 29.1 Å². The van der Waals surface area contributed by atoms with Gasteiger partial charge < -0.3 is 10.1 Å². The fourth-order valence-electron chi connectivity index (χ4n) is 2.21. The number of nitrogens with zero attached hydrogens (tertiary/aromatic N) is 3. The fourth-order valence-corrected chi connectivity index (χ4v) is 2.21. The van der Waals surface area contributed by atoms with Gasteiger partial charge >= 0.3 is 0 Å². The molecule has 2 heterocycles. The van der Waals surface area contributed by atoms with Crippen LogP contribution < -0.4 is 5.32 Å². The zero-order chi connectivity index (χ0) is 16.9. The summed E-state index contributed by atoms with van der Waals surface area (Å²) in [5.41, 5.74) is 3.13. The number of hydrogen-bond donors (Lipinski definition) is 1. The largest absolute Gasteiger partial charge is 0.385 e. The molecule has 23 heavy (non-hydrogen) atoms. The summed E-state index contributed by atoms with van der Waals surface area (Å²) in [6.07, 6.45) is 4.54. The van der Waals surface area contributed by atoms with Crippen LogP contribution in [0.1, 0.15) is 31.5 Å². The third-order valence-corrected chi connectivity index (χ3v) is 4.03. The molecule has 0 atom stereocenters. The molecule has 0 aliphatic carbocycles. The molecule has 5 heteroatoms. The number of nitrogens with one attached hydrogen (secondary N) is 1. The van der Waals surface area contributed by atoms with E-state index in [1.54, 1.807) is 19.5 Å². The van der Waals surface area contributed by atoms with E-state index in [1.807, 2.05) is 26.0 Å². The molecule has 0 unspecified atom stereocenters. The molecular weight excluding hydrogens is 288 g/mol. The van der Waals surface area contributed by atoms with E-state index in [-0.39, 0.29) is 5.41 Å². The Morgan fingerprint density at radius 3 is 2.65 bits per heavy atom. The predicted octanol–water partition coefficient (Wildman–Crippen LogP) is 3.63. The van der Waals surface area contributed by atoms with E-state index < -0.39 is 0 Å². The lowest BCUT2D eigenvalue weighted by Gasteiger charge is -2.25. The number of aromatic nitrogens is 3. The van der Waals surface area contributed by atoms with Gasteiger partial charge in [0.1, 0.15) is 5.82 Å². The zero-order valence-corrected chi connectivity index (χ0v) is 14.7. The third kappa shape index (κ3) is 4.73. The zero-order valence-electron chi connectivity index (χ0n) is 14.7. The minimum absolute atomic E-state index is 0.135. The van der Waals surface area contributed by atoms with Gasteiger partial charge in [-0.15, -0.1) is 0 Å². The maximum absolute atomic E-state index is 5.19. The number of rotatable bonds is 7. The Hall–Kier alpha value is -2.01. The van der Waals surface area contributed by atoms with E-state index >= 15 is 0 Å². The minimum Gasteiger partial charge on any atom is -0.385 e. The molecule has 0 bridgehead atoms. The van der Waals surface area contributed by atoms with Crippen LogP contribution in [-0.2, 0) is 4.74 Å². The van der Waals surface area contributed by atoms with Gasteiger partial charge in [0.05, 0.1) is 0 Å². The highest BCUT2D eigenvalue weighted by Crippen LogP contribution is 2.24. The van der Waals surface area contributed by atoms with Crippen molar-refractivity contribution in [2.45, 2.75) is 34.1 Å². The van der Waals surface area contributed by atoms with Gasteiger partial charge in [0.25, 0.3) is 0 Å². The van der Waals surface area contributed by atoms with Gasteiger partial charge in [0, 0.05) is 49.5 Å². The maximum atomic E-state index is 5.19. The standard InChI is InChI=1S/C18H26N4O/c1-13-14(2)21-17(15-7-6-9-19-11-15)22-16(13)20-12-18(3,4)8-10-23-5/h6-7,9,11H,8,10,12H2,1-5H3,(H,20,21,22). The van der Waals surface area contributed by atoms with E-state index in [9.17, 15) is 0 Å². The van der Waals surface area contributed by atoms with Crippen molar-refractivity contribution < 1.29 is 4.74 Å². The molecule has 0 aromatic carbocycles. The highest BCUT2D eigenvalue weighted by Gasteiger charge is 2.19. The van der Waals surface area contributed by atoms with Crippen molar-refractivity contribution in [3.05, 3.63) is 35.8 Å². The van der Waals surface area contributed by atoms with Crippen LogP contribution in [0.4, 0.5) is 5.82 Å². The molecule has 0 saturated carbocycles. The van der Waals surface area contributed by atoms with Gasteiger partial charge in [0.2, 0.25) is 0 Å². The predicted molar refractivity (Wildman–Crippen MR) is 93.5 cm³/mol. The molecule has 2 aromatic heterocycles. The Morgan fingerprint density at radius 2 is 2.00 bits per heavy atom. The Bertz CT molecular complexity index is 641. The summed E-state index contributed by atoms with van der Waals surface area (Å²) in [7, 11) is 1.74. The monoisotopic (exact) mass is 314 g/mol. The first kappa shape index (κ1) is 17.3. The second kappa shape index (κ2) is 7.51. The summed E-state index contributed by atoms with van der Waals surface area (Å²) in [6, 6.07) is 3.87. The second-order valence-corrected chi connectivity index (χ2v) is 6.61. The molecule has 0 saturated heterocycles. The SMILES string of the molecule is COCCC(C)(C)CNc1nc(-c2cccnc2)nc(C)c1C. The minimum atomic E-state index is 0.135. The van der Waals surface area contributed by atoms with Gasteiger partial charge in [-0.2, -0.15) is 0 Å². The number of ether oxygens (including phenoxy) is 1. The number of hydrogen-bond acceptors (Lipinski definition) is 5.